The number of likely N-dealkylation sites (tertiary alicyclic amines) is 1. The molecule has 11 heavy (non-hydrogen) atoms. The minimum absolute atomic E-state index is 0.508. The molecular weight excluding hydrogens is 138 g/mol. The van der Waals surface area contributed by atoms with Gasteiger partial charge in [0.05, 0.1) is 12.6 Å². The molecule has 2 heterocycles. The summed E-state index contributed by atoms with van der Waals surface area (Å²) in [5, 5.41) is 8.49. The third-order valence-corrected chi connectivity index (χ3v) is 3.83. The Kier molecular flexibility index (Phi) is 0.838. The van der Waals surface area contributed by atoms with Gasteiger partial charge in [0.25, 0.3) is 0 Å². The minimum Gasteiger partial charge on any atom is -0.298 e. The van der Waals surface area contributed by atoms with Crippen LogP contribution in [-0.4, -0.2) is 36.6 Å². The lowest BCUT2D eigenvalue weighted by molar-refractivity contribution is 0.269. The molecule has 0 radical (unpaired) electrons. The molecule has 1 saturated heterocycles. The molecule has 1 spiro atoms. The molecule has 60 valence electrons. The zero-order valence-corrected chi connectivity index (χ0v) is 6.99. The second-order valence-corrected chi connectivity index (χ2v) is 4.22. The van der Waals surface area contributed by atoms with Crippen LogP contribution >= 0.6 is 0 Å². The third kappa shape index (κ3) is 0.485. The van der Waals surface area contributed by atoms with E-state index in [2.05, 4.69) is 29.1 Å². The zero-order valence-electron chi connectivity index (χ0n) is 6.99. The van der Waals surface area contributed by atoms with E-state index in [-0.39, 0.29) is 0 Å². The van der Waals surface area contributed by atoms with Crippen molar-refractivity contribution in [2.75, 3.05) is 13.6 Å². The number of likely N-dealkylation sites (N-methyl/N-ethyl adjacent to an activating group) is 1. The Bertz CT molecular complexity index is 237. The van der Waals surface area contributed by atoms with Crippen LogP contribution in [0, 0.1) is 5.41 Å². The Morgan fingerprint density at radius 2 is 2.36 bits per heavy atom. The van der Waals surface area contributed by atoms with Gasteiger partial charge >= 0.3 is 0 Å². The smallest absolute Gasteiger partial charge is 0.0950 e. The molecule has 0 amide bonds. The lowest BCUT2D eigenvalue weighted by atomic mass is 9.96. The van der Waals surface area contributed by atoms with E-state index in [1.165, 1.54) is 6.42 Å². The number of hydrogen-bond donors (Lipinski definition) is 0. The monoisotopic (exact) mass is 151 g/mol. The molecule has 3 unspecified atom stereocenters. The quantitative estimate of drug-likeness (QED) is 0.506. The summed E-state index contributed by atoms with van der Waals surface area (Å²) in [5.74, 6) is 0. The Morgan fingerprint density at radius 1 is 1.55 bits per heavy atom. The Morgan fingerprint density at radius 3 is 3.09 bits per heavy atom. The van der Waals surface area contributed by atoms with Crippen LogP contribution in [0.1, 0.15) is 13.3 Å². The molecule has 1 saturated carbocycles. The summed E-state index contributed by atoms with van der Waals surface area (Å²) in [6, 6.07) is 1.95. The minimum atomic E-state index is 0.508. The van der Waals surface area contributed by atoms with E-state index in [1.54, 1.807) is 0 Å². The maximum absolute atomic E-state index is 4.33. The van der Waals surface area contributed by atoms with E-state index in [0.29, 0.717) is 17.5 Å². The molecule has 0 aromatic rings. The first-order chi connectivity index (χ1) is 5.26. The average molecular weight is 151 g/mol. The first-order valence-electron chi connectivity index (χ1n) is 4.34. The summed E-state index contributed by atoms with van der Waals surface area (Å²) in [6.45, 7) is 3.26. The van der Waals surface area contributed by atoms with Gasteiger partial charge in [-0.05, 0) is 20.4 Å². The van der Waals surface area contributed by atoms with Crippen LogP contribution in [0.5, 0.6) is 0 Å². The fourth-order valence-corrected chi connectivity index (χ4v) is 2.89. The van der Waals surface area contributed by atoms with Crippen LogP contribution in [-0.2, 0) is 0 Å². The van der Waals surface area contributed by atoms with Gasteiger partial charge < -0.3 is 0 Å². The van der Waals surface area contributed by atoms with Crippen molar-refractivity contribution < 1.29 is 0 Å². The van der Waals surface area contributed by atoms with E-state index in [4.69, 9.17) is 0 Å². The van der Waals surface area contributed by atoms with Crippen LogP contribution in [0.15, 0.2) is 10.2 Å². The second kappa shape index (κ2) is 1.51. The van der Waals surface area contributed by atoms with Crippen molar-refractivity contribution in [2.45, 2.75) is 31.5 Å². The van der Waals surface area contributed by atoms with Gasteiger partial charge in [-0.25, -0.2) is 0 Å². The van der Waals surface area contributed by atoms with Gasteiger partial charge in [-0.1, -0.05) is 0 Å². The number of piperidine rings is 1. The SMILES string of the molecule is CC1C2N=NC[C@@]23CC3N1C. The molecule has 4 atom stereocenters. The van der Waals surface area contributed by atoms with Crippen molar-refractivity contribution in [3.05, 3.63) is 0 Å². The van der Waals surface area contributed by atoms with Crippen molar-refractivity contribution in [1.29, 1.82) is 0 Å². The van der Waals surface area contributed by atoms with Crippen molar-refractivity contribution >= 4 is 0 Å². The summed E-state index contributed by atoms with van der Waals surface area (Å²) < 4.78 is 0. The van der Waals surface area contributed by atoms with E-state index < -0.39 is 0 Å². The van der Waals surface area contributed by atoms with E-state index >= 15 is 0 Å². The topological polar surface area (TPSA) is 28.0 Å². The van der Waals surface area contributed by atoms with Gasteiger partial charge in [0.15, 0.2) is 0 Å². The molecule has 2 fully saturated rings. The summed E-state index contributed by atoms with van der Waals surface area (Å²) in [6.07, 6.45) is 1.34. The van der Waals surface area contributed by atoms with Crippen molar-refractivity contribution in [1.82, 2.24) is 4.90 Å². The molecule has 3 rings (SSSR count). The Labute approximate surface area is 66.5 Å². The normalized spacial score (nSPS) is 59.6. The molecule has 0 aromatic heterocycles. The molecule has 3 nitrogen and oxygen atoms in total. The molecule has 0 bridgehead atoms. The van der Waals surface area contributed by atoms with Gasteiger partial charge in [-0.3, -0.25) is 4.90 Å². The van der Waals surface area contributed by atoms with Crippen molar-refractivity contribution in [2.24, 2.45) is 15.6 Å². The Hall–Kier alpha value is -0.440. The highest BCUT2D eigenvalue weighted by Gasteiger charge is 2.70. The van der Waals surface area contributed by atoms with Crippen LogP contribution in [0.2, 0.25) is 0 Å². The van der Waals surface area contributed by atoms with Crippen molar-refractivity contribution in [3.8, 4) is 0 Å². The highest BCUT2D eigenvalue weighted by atomic mass is 15.4. The lowest BCUT2D eigenvalue weighted by Crippen LogP contribution is -2.33. The predicted octanol–water partition coefficient (Wildman–Crippen LogP) is 0.913. The number of azo groups is 1. The maximum atomic E-state index is 4.33. The number of rotatable bonds is 0. The largest absolute Gasteiger partial charge is 0.298 e. The predicted molar refractivity (Wildman–Crippen MR) is 41.6 cm³/mol. The fraction of sp³-hybridized carbons (Fsp3) is 1.00. The van der Waals surface area contributed by atoms with Gasteiger partial charge in [0.1, 0.15) is 0 Å². The van der Waals surface area contributed by atoms with Crippen LogP contribution < -0.4 is 0 Å². The molecule has 2 aliphatic heterocycles. The lowest BCUT2D eigenvalue weighted by Gasteiger charge is -2.20. The van der Waals surface area contributed by atoms with E-state index in [0.717, 1.165) is 12.6 Å². The first kappa shape index (κ1) is 6.12. The number of nitrogens with zero attached hydrogens (tertiary/aromatic N) is 3. The first-order valence-corrected chi connectivity index (χ1v) is 4.34. The second-order valence-electron chi connectivity index (χ2n) is 4.22. The highest BCUT2D eigenvalue weighted by Crippen LogP contribution is 2.62. The molecule has 0 aromatic carbocycles. The summed E-state index contributed by atoms with van der Waals surface area (Å²) in [7, 11) is 2.22. The van der Waals surface area contributed by atoms with E-state index in [1.807, 2.05) is 0 Å². The van der Waals surface area contributed by atoms with Gasteiger partial charge in [0.2, 0.25) is 0 Å². The van der Waals surface area contributed by atoms with Gasteiger partial charge in [-0.15, -0.1) is 0 Å². The highest BCUT2D eigenvalue weighted by molar-refractivity contribution is 5.25. The molecule has 3 heteroatoms. The molecule has 0 N–H and O–H groups in total. The molecule has 1 aliphatic carbocycles. The van der Waals surface area contributed by atoms with Gasteiger partial charge in [-0.2, -0.15) is 10.2 Å². The third-order valence-electron chi connectivity index (χ3n) is 3.83. The molecular formula is C8H13N3. The van der Waals surface area contributed by atoms with Crippen LogP contribution in [0.25, 0.3) is 0 Å². The summed E-state index contributed by atoms with van der Waals surface area (Å²) in [5.41, 5.74) is 0.508. The average Bonchev–Trinajstić information content (AvgIpc) is 2.44. The standard InChI is InChI=1S/C8H13N3/c1-5-7-8(4-9-10-7)3-6(8)11(5)2/h5-7H,3-4H2,1-2H3/t5?,6?,7?,8-/m1/s1. The van der Waals surface area contributed by atoms with Crippen LogP contribution in [0.3, 0.4) is 0 Å². The van der Waals surface area contributed by atoms with Crippen LogP contribution in [0.4, 0.5) is 0 Å². The summed E-state index contributed by atoms with van der Waals surface area (Å²) >= 11 is 0. The van der Waals surface area contributed by atoms with Gasteiger partial charge in [0, 0.05) is 17.5 Å². The zero-order chi connectivity index (χ0) is 7.64. The number of hydrogen-bond acceptors (Lipinski definition) is 3. The Balaban J connectivity index is 2.02. The van der Waals surface area contributed by atoms with Crippen molar-refractivity contribution in [3.63, 3.8) is 0 Å². The van der Waals surface area contributed by atoms with E-state index in [9.17, 15) is 0 Å². The molecule has 3 aliphatic rings. The fourth-order valence-electron chi connectivity index (χ4n) is 2.89. The maximum Gasteiger partial charge on any atom is 0.0950 e. The summed E-state index contributed by atoms with van der Waals surface area (Å²) in [4.78, 5) is 2.48.